The number of carbonyl (C=O) groups excluding carboxylic acids is 1. The zero-order chi connectivity index (χ0) is 26.2. The number of hydrogen-bond acceptors (Lipinski definition) is 4. The van der Waals surface area contributed by atoms with Crippen molar-refractivity contribution in [1.29, 1.82) is 0 Å². The van der Waals surface area contributed by atoms with Crippen LogP contribution in [0.5, 0.6) is 0 Å². The molecule has 1 saturated carbocycles. The summed E-state index contributed by atoms with van der Waals surface area (Å²) in [6.07, 6.45) is 0.586. The van der Waals surface area contributed by atoms with E-state index in [0.29, 0.717) is 24.0 Å². The number of hydrogen-bond donors (Lipinski definition) is 2. The van der Waals surface area contributed by atoms with Crippen LogP contribution in [0.25, 0.3) is 16.8 Å². The molecule has 1 fully saturated rings. The Bertz CT molecular complexity index is 1470. The molecular weight excluding hydrogens is 497 g/mol. The minimum atomic E-state index is -1.29. The Labute approximate surface area is 217 Å². The van der Waals surface area contributed by atoms with E-state index in [4.69, 9.17) is 16.3 Å². The van der Waals surface area contributed by atoms with E-state index >= 15 is 4.39 Å². The fraction of sp³-hybridized carbons (Fsp3) is 0.179. The number of carboxylic acids is 1. The number of benzene rings is 3. The topological polar surface area (TPSA) is 93.5 Å². The molecule has 188 valence electrons. The molecule has 0 bridgehead atoms. The number of carbonyl (C=O) groups is 2. The molecule has 0 spiro atoms. The van der Waals surface area contributed by atoms with E-state index in [1.54, 1.807) is 25.1 Å². The molecule has 1 atom stereocenters. The highest BCUT2D eigenvalue weighted by molar-refractivity contribution is 6.33. The summed E-state index contributed by atoms with van der Waals surface area (Å²) in [5.74, 6) is -1.82. The molecule has 1 aromatic heterocycles. The van der Waals surface area contributed by atoms with Crippen molar-refractivity contribution in [2.24, 2.45) is 0 Å². The zero-order valence-electron chi connectivity index (χ0n) is 19.8. The highest BCUT2D eigenvalue weighted by Crippen LogP contribution is 2.51. The van der Waals surface area contributed by atoms with Crippen LogP contribution >= 0.6 is 11.6 Å². The third kappa shape index (κ3) is 4.56. The van der Waals surface area contributed by atoms with Crippen LogP contribution in [0.2, 0.25) is 5.02 Å². The number of aromatic nitrogens is 2. The summed E-state index contributed by atoms with van der Waals surface area (Å²) in [4.78, 5) is 24.8. The number of carboxylic acid groups (broad SMARTS) is 1. The standard InChI is InChI=1S/C28H23ClFN3O4/c1-17(18-8-4-2-5-9-18)37-27(36)32-25-22(29)16-31-33(25)24-20(19-10-6-3-7-11-19)12-13-21(23(24)30)28(14-15-28)26(34)35/h2-13,16-17H,14-15H2,1H3,(H,32,36)(H,34,35). The molecule has 37 heavy (non-hydrogen) atoms. The number of anilines is 1. The van der Waals surface area contributed by atoms with Gasteiger partial charge in [0.2, 0.25) is 0 Å². The van der Waals surface area contributed by atoms with Gasteiger partial charge in [-0.15, -0.1) is 0 Å². The summed E-state index contributed by atoms with van der Waals surface area (Å²) in [6, 6.07) is 21.4. The first-order valence-electron chi connectivity index (χ1n) is 11.7. The van der Waals surface area contributed by atoms with E-state index in [1.165, 1.54) is 16.9 Å². The molecule has 4 aromatic rings. The second-order valence-electron chi connectivity index (χ2n) is 8.91. The van der Waals surface area contributed by atoms with Crippen LogP contribution < -0.4 is 5.32 Å². The van der Waals surface area contributed by atoms with Crippen molar-refractivity contribution in [2.75, 3.05) is 5.32 Å². The first-order chi connectivity index (χ1) is 17.8. The van der Waals surface area contributed by atoms with Gasteiger partial charge in [0.05, 0.1) is 11.6 Å². The van der Waals surface area contributed by atoms with Crippen molar-refractivity contribution < 1.29 is 23.8 Å². The van der Waals surface area contributed by atoms with Crippen molar-refractivity contribution in [2.45, 2.75) is 31.3 Å². The molecule has 5 rings (SSSR count). The van der Waals surface area contributed by atoms with Gasteiger partial charge in [0.15, 0.2) is 11.6 Å². The van der Waals surface area contributed by atoms with Crippen LogP contribution in [0.4, 0.5) is 15.0 Å². The molecule has 3 aromatic carbocycles. The Kier molecular flexibility index (Phi) is 6.43. The Morgan fingerprint density at radius 3 is 2.35 bits per heavy atom. The first-order valence-corrected chi connectivity index (χ1v) is 12.1. The van der Waals surface area contributed by atoms with Crippen molar-refractivity contribution >= 4 is 29.5 Å². The summed E-state index contributed by atoms with van der Waals surface area (Å²) in [5, 5.41) is 16.7. The molecule has 0 saturated heterocycles. The molecule has 1 aliphatic rings. The van der Waals surface area contributed by atoms with Gasteiger partial charge in [-0.25, -0.2) is 13.9 Å². The maximum absolute atomic E-state index is 16.2. The number of nitrogens with zero attached hydrogens (tertiary/aromatic N) is 2. The molecule has 7 nitrogen and oxygen atoms in total. The van der Waals surface area contributed by atoms with Gasteiger partial charge in [0.1, 0.15) is 16.8 Å². The van der Waals surface area contributed by atoms with Gasteiger partial charge in [-0.05, 0) is 30.9 Å². The lowest BCUT2D eigenvalue weighted by atomic mass is 9.91. The molecule has 0 radical (unpaired) electrons. The van der Waals surface area contributed by atoms with E-state index in [2.05, 4.69) is 10.4 Å². The maximum atomic E-state index is 16.2. The molecular formula is C28H23ClFN3O4. The third-order valence-electron chi connectivity index (χ3n) is 6.59. The normalized spacial score (nSPS) is 14.6. The molecule has 1 heterocycles. The minimum absolute atomic E-state index is 0.000307. The lowest BCUT2D eigenvalue weighted by molar-refractivity contribution is -0.140. The molecule has 2 N–H and O–H groups in total. The van der Waals surface area contributed by atoms with Crippen LogP contribution in [0, 0.1) is 5.82 Å². The predicted octanol–water partition coefficient (Wildman–Crippen LogP) is 6.76. The van der Waals surface area contributed by atoms with Gasteiger partial charge >= 0.3 is 12.1 Å². The fourth-order valence-corrected chi connectivity index (χ4v) is 4.58. The smallest absolute Gasteiger partial charge is 0.413 e. The summed E-state index contributed by atoms with van der Waals surface area (Å²) in [5.41, 5.74) is 0.688. The van der Waals surface area contributed by atoms with E-state index in [1.807, 2.05) is 48.5 Å². The first kappa shape index (κ1) is 24.5. The fourth-order valence-electron chi connectivity index (χ4n) is 4.40. The van der Waals surface area contributed by atoms with Crippen LogP contribution in [0.1, 0.15) is 37.0 Å². The lowest BCUT2D eigenvalue weighted by Crippen LogP contribution is -2.23. The summed E-state index contributed by atoms with van der Waals surface area (Å²) in [6.45, 7) is 1.73. The summed E-state index contributed by atoms with van der Waals surface area (Å²) >= 11 is 6.37. The number of ether oxygens (including phenoxy) is 1. The Balaban J connectivity index is 1.57. The molecule has 9 heteroatoms. The third-order valence-corrected chi connectivity index (χ3v) is 6.86. The van der Waals surface area contributed by atoms with Gasteiger partial charge < -0.3 is 9.84 Å². The average molecular weight is 520 g/mol. The van der Waals surface area contributed by atoms with Crippen LogP contribution in [0.15, 0.2) is 79.0 Å². The molecule has 0 aliphatic heterocycles. The van der Waals surface area contributed by atoms with Crippen LogP contribution in [-0.4, -0.2) is 26.9 Å². The summed E-state index contributed by atoms with van der Waals surface area (Å²) in [7, 11) is 0. The number of aliphatic carboxylic acids is 1. The quantitative estimate of drug-likeness (QED) is 0.281. The number of amides is 1. The van der Waals surface area contributed by atoms with Crippen molar-refractivity contribution in [1.82, 2.24) is 9.78 Å². The number of rotatable bonds is 7. The van der Waals surface area contributed by atoms with Gasteiger partial charge in [-0.2, -0.15) is 5.10 Å². The highest BCUT2D eigenvalue weighted by Gasteiger charge is 2.53. The van der Waals surface area contributed by atoms with Crippen molar-refractivity contribution in [3.63, 3.8) is 0 Å². The average Bonchev–Trinajstić information content (AvgIpc) is 3.64. The van der Waals surface area contributed by atoms with Crippen LogP contribution in [-0.2, 0) is 14.9 Å². The lowest BCUT2D eigenvalue weighted by Gasteiger charge is -2.20. The zero-order valence-corrected chi connectivity index (χ0v) is 20.6. The summed E-state index contributed by atoms with van der Waals surface area (Å²) < 4.78 is 22.9. The van der Waals surface area contributed by atoms with Gasteiger partial charge in [-0.1, -0.05) is 84.4 Å². The molecule has 1 aliphatic carbocycles. The second kappa shape index (κ2) is 9.71. The number of halogens is 2. The predicted molar refractivity (Wildman–Crippen MR) is 137 cm³/mol. The van der Waals surface area contributed by atoms with E-state index in [-0.39, 0.29) is 22.1 Å². The monoisotopic (exact) mass is 519 g/mol. The van der Waals surface area contributed by atoms with E-state index < -0.39 is 29.4 Å². The second-order valence-corrected chi connectivity index (χ2v) is 9.32. The molecule has 1 amide bonds. The molecule has 1 unspecified atom stereocenters. The Morgan fingerprint density at radius 1 is 1.08 bits per heavy atom. The van der Waals surface area contributed by atoms with Gasteiger partial charge in [-0.3, -0.25) is 10.1 Å². The minimum Gasteiger partial charge on any atom is -0.481 e. The maximum Gasteiger partial charge on any atom is 0.413 e. The Hall–Kier alpha value is -4.17. The highest BCUT2D eigenvalue weighted by atomic mass is 35.5. The largest absolute Gasteiger partial charge is 0.481 e. The van der Waals surface area contributed by atoms with Gasteiger partial charge in [0.25, 0.3) is 0 Å². The van der Waals surface area contributed by atoms with E-state index in [0.717, 1.165) is 5.56 Å². The SMILES string of the molecule is CC(OC(=O)Nc1c(Cl)cnn1-c1c(-c2ccccc2)ccc(C2(C(=O)O)CC2)c1F)c1ccccc1. The van der Waals surface area contributed by atoms with Crippen molar-refractivity contribution in [3.05, 3.63) is 101 Å². The van der Waals surface area contributed by atoms with Crippen molar-refractivity contribution in [3.8, 4) is 16.8 Å². The van der Waals surface area contributed by atoms with E-state index in [9.17, 15) is 14.7 Å². The van der Waals surface area contributed by atoms with Crippen LogP contribution in [0.3, 0.4) is 0 Å². The van der Waals surface area contributed by atoms with Gasteiger partial charge in [0, 0.05) is 11.1 Å². The number of nitrogens with one attached hydrogen (secondary N) is 1. The Morgan fingerprint density at radius 2 is 1.73 bits per heavy atom.